The average molecular weight is 393 g/mol. The van der Waals surface area contributed by atoms with Crippen molar-refractivity contribution >= 4 is 17.6 Å². The lowest BCUT2D eigenvalue weighted by atomic mass is 9.87. The summed E-state index contributed by atoms with van der Waals surface area (Å²) < 4.78 is 43.0. The van der Waals surface area contributed by atoms with Gasteiger partial charge in [-0.05, 0) is 43.9 Å². The maximum atomic E-state index is 12.8. The minimum absolute atomic E-state index is 0.124. The van der Waals surface area contributed by atoms with Gasteiger partial charge in [-0.1, -0.05) is 12.5 Å². The van der Waals surface area contributed by atoms with E-state index in [1.807, 2.05) is 0 Å². The summed E-state index contributed by atoms with van der Waals surface area (Å²) in [4.78, 5) is 10.4. The third-order valence-electron chi connectivity index (χ3n) is 4.87. The average Bonchev–Trinajstić information content (AvgIpc) is 3.12. The number of hydrogen-bond acceptors (Lipinski definition) is 8. The molecule has 1 spiro atoms. The SMILES string of the molecule is NC1=NC2(CCCCC2)N(c2cccc(-c3nnc(C(F)(F)F)o3)c2)C(N)=N1. The number of aromatic nitrogens is 2. The highest BCUT2D eigenvalue weighted by Gasteiger charge is 2.43. The lowest BCUT2D eigenvalue weighted by Crippen LogP contribution is -2.58. The molecule has 0 radical (unpaired) electrons. The molecule has 8 nitrogen and oxygen atoms in total. The first kappa shape index (κ1) is 18.3. The molecule has 2 heterocycles. The molecule has 28 heavy (non-hydrogen) atoms. The second-order valence-electron chi connectivity index (χ2n) is 6.78. The number of rotatable bonds is 2. The van der Waals surface area contributed by atoms with E-state index in [4.69, 9.17) is 15.9 Å². The van der Waals surface area contributed by atoms with E-state index in [0.717, 1.165) is 32.1 Å². The van der Waals surface area contributed by atoms with Crippen LogP contribution in [0.15, 0.2) is 38.7 Å². The van der Waals surface area contributed by atoms with Crippen LogP contribution in [0.3, 0.4) is 0 Å². The zero-order chi connectivity index (χ0) is 19.9. The Balaban J connectivity index is 1.74. The first-order valence-electron chi connectivity index (χ1n) is 8.79. The van der Waals surface area contributed by atoms with Crippen molar-refractivity contribution in [3.05, 3.63) is 30.2 Å². The number of aliphatic imine (C=N–C) groups is 2. The van der Waals surface area contributed by atoms with Gasteiger partial charge >= 0.3 is 12.1 Å². The van der Waals surface area contributed by atoms with Crippen LogP contribution in [-0.2, 0) is 6.18 Å². The molecule has 2 aromatic rings. The van der Waals surface area contributed by atoms with Crippen molar-refractivity contribution in [1.29, 1.82) is 0 Å². The standard InChI is InChI=1S/C17H18F3N7O/c18-17(19,20)13-26-25-12(28-13)10-5-4-6-11(9-10)27-15(22)23-14(21)24-16(27)7-2-1-3-8-16/h4-6,9H,1-3,7-8H2,(H4,21,22,23,24). The molecule has 148 valence electrons. The summed E-state index contributed by atoms with van der Waals surface area (Å²) in [6.07, 6.45) is -0.215. The van der Waals surface area contributed by atoms with E-state index in [0.29, 0.717) is 11.3 Å². The van der Waals surface area contributed by atoms with Gasteiger partial charge in [0.25, 0.3) is 0 Å². The van der Waals surface area contributed by atoms with Crippen molar-refractivity contribution in [1.82, 2.24) is 10.2 Å². The quantitative estimate of drug-likeness (QED) is 0.810. The van der Waals surface area contributed by atoms with Gasteiger partial charge in [-0.25, -0.2) is 4.99 Å². The number of guanidine groups is 2. The third-order valence-corrected chi connectivity index (χ3v) is 4.87. The largest absolute Gasteiger partial charge is 0.470 e. The number of hydrogen-bond donors (Lipinski definition) is 2. The number of nitrogens with zero attached hydrogens (tertiary/aromatic N) is 5. The Morgan fingerprint density at radius 1 is 1.07 bits per heavy atom. The topological polar surface area (TPSA) is 119 Å². The summed E-state index contributed by atoms with van der Waals surface area (Å²) in [5.74, 6) is -1.32. The van der Waals surface area contributed by atoms with Crippen molar-refractivity contribution in [2.45, 2.75) is 43.9 Å². The van der Waals surface area contributed by atoms with Crippen LogP contribution in [0.5, 0.6) is 0 Å². The molecule has 2 aliphatic rings. The fraction of sp³-hybridized carbons (Fsp3) is 0.412. The van der Waals surface area contributed by atoms with Gasteiger partial charge in [0.15, 0.2) is 0 Å². The smallest absolute Gasteiger partial charge is 0.413 e. The Labute approximate surface area is 158 Å². The van der Waals surface area contributed by atoms with Crippen LogP contribution in [0.1, 0.15) is 38.0 Å². The first-order valence-corrected chi connectivity index (χ1v) is 8.79. The Morgan fingerprint density at radius 3 is 2.50 bits per heavy atom. The molecule has 1 aliphatic heterocycles. The normalized spacial score (nSPS) is 19.5. The monoisotopic (exact) mass is 393 g/mol. The predicted octanol–water partition coefficient (Wildman–Crippen LogP) is 2.87. The van der Waals surface area contributed by atoms with Crippen molar-refractivity contribution in [2.75, 3.05) is 4.90 Å². The summed E-state index contributed by atoms with van der Waals surface area (Å²) >= 11 is 0. The molecule has 0 saturated heterocycles. The summed E-state index contributed by atoms with van der Waals surface area (Å²) in [5, 5.41) is 6.58. The first-order chi connectivity index (χ1) is 13.3. The van der Waals surface area contributed by atoms with E-state index in [-0.39, 0.29) is 17.8 Å². The van der Waals surface area contributed by atoms with Crippen LogP contribution >= 0.6 is 0 Å². The molecule has 1 fully saturated rings. The number of halogens is 3. The maximum Gasteiger partial charge on any atom is 0.470 e. The van der Waals surface area contributed by atoms with Gasteiger partial charge in [0.05, 0.1) is 0 Å². The van der Waals surface area contributed by atoms with Gasteiger partial charge in [-0.15, -0.1) is 10.2 Å². The summed E-state index contributed by atoms with van der Waals surface area (Å²) in [7, 11) is 0. The Kier molecular flexibility index (Phi) is 4.24. The molecule has 1 saturated carbocycles. The zero-order valence-corrected chi connectivity index (χ0v) is 14.8. The van der Waals surface area contributed by atoms with E-state index >= 15 is 0 Å². The molecule has 1 aromatic heterocycles. The maximum absolute atomic E-state index is 12.8. The Bertz CT molecular complexity index is 944. The van der Waals surface area contributed by atoms with Crippen molar-refractivity contribution in [3.8, 4) is 11.5 Å². The highest BCUT2D eigenvalue weighted by molar-refractivity contribution is 6.05. The van der Waals surface area contributed by atoms with Gasteiger partial charge < -0.3 is 15.9 Å². The van der Waals surface area contributed by atoms with Crippen LogP contribution in [-0.4, -0.2) is 27.8 Å². The second kappa shape index (κ2) is 6.50. The summed E-state index contributed by atoms with van der Waals surface area (Å²) in [6.45, 7) is 0. The van der Waals surface area contributed by atoms with E-state index in [1.54, 1.807) is 29.2 Å². The molecule has 11 heteroatoms. The number of benzene rings is 1. The molecule has 1 aliphatic carbocycles. The van der Waals surface area contributed by atoms with Gasteiger partial charge in [0.2, 0.25) is 17.8 Å². The molecule has 4 N–H and O–H groups in total. The fourth-order valence-corrected chi connectivity index (χ4v) is 3.73. The number of alkyl halides is 3. The summed E-state index contributed by atoms with van der Waals surface area (Å²) in [5.41, 5.74) is 12.3. The molecule has 0 atom stereocenters. The molecule has 4 rings (SSSR count). The molecule has 0 amide bonds. The van der Waals surface area contributed by atoms with E-state index in [1.165, 1.54) is 0 Å². The number of nitrogens with two attached hydrogens (primary N) is 2. The fourth-order valence-electron chi connectivity index (χ4n) is 3.73. The third kappa shape index (κ3) is 3.16. The van der Waals surface area contributed by atoms with Crippen LogP contribution in [0, 0.1) is 0 Å². The van der Waals surface area contributed by atoms with E-state index in [2.05, 4.69) is 20.2 Å². The highest BCUT2D eigenvalue weighted by atomic mass is 19.4. The zero-order valence-electron chi connectivity index (χ0n) is 14.8. The second-order valence-corrected chi connectivity index (χ2v) is 6.78. The van der Waals surface area contributed by atoms with E-state index < -0.39 is 17.7 Å². The van der Waals surface area contributed by atoms with Crippen molar-refractivity contribution in [3.63, 3.8) is 0 Å². The lowest BCUT2D eigenvalue weighted by molar-refractivity contribution is -0.156. The minimum atomic E-state index is -4.70. The minimum Gasteiger partial charge on any atom is -0.413 e. The van der Waals surface area contributed by atoms with Crippen LogP contribution in [0.25, 0.3) is 11.5 Å². The van der Waals surface area contributed by atoms with Gasteiger partial charge in [-0.3, -0.25) is 4.90 Å². The van der Waals surface area contributed by atoms with Gasteiger partial charge in [-0.2, -0.15) is 18.2 Å². The van der Waals surface area contributed by atoms with Gasteiger partial charge in [0, 0.05) is 11.3 Å². The highest BCUT2D eigenvalue weighted by Crippen LogP contribution is 2.40. The molecular formula is C17H18F3N7O. The Morgan fingerprint density at radius 2 is 1.82 bits per heavy atom. The number of anilines is 1. The van der Waals surface area contributed by atoms with Crippen LogP contribution < -0.4 is 16.4 Å². The predicted molar refractivity (Wildman–Crippen MR) is 96.3 cm³/mol. The van der Waals surface area contributed by atoms with Crippen molar-refractivity contribution in [2.24, 2.45) is 21.5 Å². The molecule has 1 aromatic carbocycles. The molecular weight excluding hydrogens is 375 g/mol. The molecule has 0 unspecified atom stereocenters. The summed E-state index contributed by atoms with van der Waals surface area (Å²) in [6, 6.07) is 6.66. The van der Waals surface area contributed by atoms with Gasteiger partial charge in [0.1, 0.15) is 5.66 Å². The van der Waals surface area contributed by atoms with Crippen LogP contribution in [0.4, 0.5) is 18.9 Å². The molecule has 0 bridgehead atoms. The van der Waals surface area contributed by atoms with E-state index in [9.17, 15) is 13.2 Å². The van der Waals surface area contributed by atoms with Crippen LogP contribution in [0.2, 0.25) is 0 Å². The lowest BCUT2D eigenvalue weighted by Gasteiger charge is -2.45. The Hall–Kier alpha value is -3.11. The van der Waals surface area contributed by atoms with Crippen molar-refractivity contribution < 1.29 is 17.6 Å².